The highest BCUT2D eigenvalue weighted by atomic mass is 16.5. The SMILES string of the molecule is COCCc1noc(-c2nc(N)n[nH]2)n1. The largest absolute Gasteiger partial charge is 0.384 e. The van der Waals surface area contributed by atoms with Crippen molar-refractivity contribution in [1.29, 1.82) is 0 Å². The summed E-state index contributed by atoms with van der Waals surface area (Å²) in [6, 6.07) is 0. The van der Waals surface area contributed by atoms with Gasteiger partial charge in [0.25, 0.3) is 5.89 Å². The summed E-state index contributed by atoms with van der Waals surface area (Å²) < 4.78 is 9.84. The Morgan fingerprint density at radius 3 is 3.00 bits per heavy atom. The average molecular weight is 210 g/mol. The zero-order valence-electron chi connectivity index (χ0n) is 8.10. The summed E-state index contributed by atoms with van der Waals surface area (Å²) in [6.45, 7) is 0.539. The van der Waals surface area contributed by atoms with E-state index in [0.717, 1.165) is 0 Å². The number of aromatic nitrogens is 5. The van der Waals surface area contributed by atoms with Gasteiger partial charge in [0.2, 0.25) is 11.8 Å². The van der Waals surface area contributed by atoms with E-state index < -0.39 is 0 Å². The third-order valence-corrected chi connectivity index (χ3v) is 1.70. The maximum absolute atomic E-state index is 5.34. The minimum atomic E-state index is 0.140. The first-order valence-electron chi connectivity index (χ1n) is 4.29. The van der Waals surface area contributed by atoms with Crippen LogP contribution >= 0.6 is 0 Å². The third-order valence-electron chi connectivity index (χ3n) is 1.70. The smallest absolute Gasteiger partial charge is 0.295 e. The molecule has 80 valence electrons. The van der Waals surface area contributed by atoms with E-state index in [2.05, 4.69) is 25.3 Å². The van der Waals surface area contributed by atoms with Crippen LogP contribution in [0, 0.1) is 0 Å². The van der Waals surface area contributed by atoms with Crippen LogP contribution in [-0.4, -0.2) is 39.0 Å². The lowest BCUT2D eigenvalue weighted by Crippen LogP contribution is -1.96. The molecule has 0 amide bonds. The van der Waals surface area contributed by atoms with Crippen LogP contribution < -0.4 is 5.73 Å². The van der Waals surface area contributed by atoms with Crippen LogP contribution in [0.3, 0.4) is 0 Å². The Balaban J connectivity index is 2.13. The topological polar surface area (TPSA) is 116 Å². The molecule has 0 fully saturated rings. The van der Waals surface area contributed by atoms with Gasteiger partial charge in [-0.3, -0.25) is 5.10 Å². The van der Waals surface area contributed by atoms with Gasteiger partial charge in [-0.05, 0) is 0 Å². The maximum atomic E-state index is 5.34. The summed E-state index contributed by atoms with van der Waals surface area (Å²) in [6.07, 6.45) is 0.587. The number of ether oxygens (including phenoxy) is 1. The van der Waals surface area contributed by atoms with Gasteiger partial charge < -0.3 is 15.0 Å². The molecule has 0 aliphatic heterocycles. The lowest BCUT2D eigenvalue weighted by atomic mass is 10.4. The Morgan fingerprint density at radius 2 is 2.33 bits per heavy atom. The molecule has 2 aromatic heterocycles. The highest BCUT2D eigenvalue weighted by molar-refractivity contribution is 5.41. The summed E-state index contributed by atoms with van der Waals surface area (Å²) in [4.78, 5) is 7.94. The minimum Gasteiger partial charge on any atom is -0.384 e. The molecule has 0 radical (unpaired) electrons. The molecule has 8 heteroatoms. The van der Waals surface area contributed by atoms with E-state index in [4.69, 9.17) is 15.0 Å². The molecule has 0 saturated heterocycles. The van der Waals surface area contributed by atoms with Crippen LogP contribution in [0.2, 0.25) is 0 Å². The molecule has 0 atom stereocenters. The van der Waals surface area contributed by atoms with Crippen molar-refractivity contribution >= 4 is 5.95 Å². The van der Waals surface area contributed by atoms with E-state index in [1.807, 2.05) is 0 Å². The molecule has 0 unspecified atom stereocenters. The van der Waals surface area contributed by atoms with E-state index >= 15 is 0 Å². The molecule has 2 rings (SSSR count). The Morgan fingerprint density at radius 1 is 1.47 bits per heavy atom. The van der Waals surface area contributed by atoms with Crippen molar-refractivity contribution in [2.24, 2.45) is 0 Å². The highest BCUT2D eigenvalue weighted by Gasteiger charge is 2.12. The fraction of sp³-hybridized carbons (Fsp3) is 0.429. The van der Waals surface area contributed by atoms with Gasteiger partial charge in [-0.2, -0.15) is 9.97 Å². The molecule has 0 bridgehead atoms. The Bertz CT molecular complexity index is 436. The lowest BCUT2D eigenvalue weighted by Gasteiger charge is -1.89. The summed E-state index contributed by atoms with van der Waals surface area (Å²) in [5, 5.41) is 9.98. The minimum absolute atomic E-state index is 0.140. The number of hydrogen-bond donors (Lipinski definition) is 2. The number of rotatable bonds is 4. The van der Waals surface area contributed by atoms with Crippen molar-refractivity contribution in [3.05, 3.63) is 5.82 Å². The van der Waals surface area contributed by atoms with E-state index in [1.54, 1.807) is 7.11 Å². The predicted octanol–water partition coefficient (Wildman–Crippen LogP) is -0.374. The number of anilines is 1. The monoisotopic (exact) mass is 210 g/mol. The van der Waals surface area contributed by atoms with E-state index in [9.17, 15) is 0 Å². The molecule has 8 nitrogen and oxygen atoms in total. The molecule has 15 heavy (non-hydrogen) atoms. The molecule has 0 aliphatic rings. The number of nitrogens with one attached hydrogen (secondary N) is 1. The Hall–Kier alpha value is -1.96. The van der Waals surface area contributed by atoms with Crippen LogP contribution in [0.25, 0.3) is 11.7 Å². The third kappa shape index (κ3) is 2.10. The fourth-order valence-electron chi connectivity index (χ4n) is 1.02. The summed E-state index contributed by atoms with van der Waals surface area (Å²) >= 11 is 0. The van der Waals surface area contributed by atoms with E-state index in [1.165, 1.54) is 0 Å². The zero-order chi connectivity index (χ0) is 10.7. The lowest BCUT2D eigenvalue weighted by molar-refractivity contribution is 0.199. The van der Waals surface area contributed by atoms with Crippen LogP contribution in [0.5, 0.6) is 0 Å². The van der Waals surface area contributed by atoms with Gasteiger partial charge in [-0.1, -0.05) is 5.16 Å². The molecule has 0 spiro atoms. The summed E-state index contributed by atoms with van der Waals surface area (Å²) in [5.74, 6) is 1.33. The number of nitrogens with zero attached hydrogens (tertiary/aromatic N) is 4. The average Bonchev–Trinajstić information content (AvgIpc) is 2.83. The van der Waals surface area contributed by atoms with Crippen molar-refractivity contribution in [2.75, 3.05) is 19.5 Å². The molecule has 0 aliphatic carbocycles. The molecule has 2 heterocycles. The molecular formula is C7H10N6O2. The standard InChI is InChI=1S/C7H10N6O2/c1-14-3-2-4-9-6(15-13-4)5-10-7(8)12-11-5/h2-3H2,1H3,(H3,8,10,11,12). The highest BCUT2D eigenvalue weighted by Crippen LogP contribution is 2.12. The quantitative estimate of drug-likeness (QED) is 0.706. The van der Waals surface area contributed by atoms with Crippen LogP contribution in [0.1, 0.15) is 5.82 Å². The normalized spacial score (nSPS) is 10.7. The van der Waals surface area contributed by atoms with Gasteiger partial charge in [0, 0.05) is 13.5 Å². The van der Waals surface area contributed by atoms with Crippen molar-refractivity contribution in [3.63, 3.8) is 0 Å². The Labute approximate surface area is 84.8 Å². The van der Waals surface area contributed by atoms with Gasteiger partial charge >= 0.3 is 0 Å². The summed E-state index contributed by atoms with van der Waals surface area (Å²) in [7, 11) is 1.61. The van der Waals surface area contributed by atoms with Crippen molar-refractivity contribution < 1.29 is 9.26 Å². The predicted molar refractivity (Wildman–Crippen MR) is 49.7 cm³/mol. The van der Waals surface area contributed by atoms with Gasteiger partial charge in [0.1, 0.15) is 0 Å². The number of hydrogen-bond acceptors (Lipinski definition) is 7. The van der Waals surface area contributed by atoms with Gasteiger partial charge in [-0.25, -0.2) is 0 Å². The van der Waals surface area contributed by atoms with Crippen LogP contribution in [0.15, 0.2) is 4.52 Å². The molecule has 0 aromatic carbocycles. The van der Waals surface area contributed by atoms with Crippen LogP contribution in [-0.2, 0) is 11.2 Å². The number of nitrogens with two attached hydrogens (primary N) is 1. The van der Waals surface area contributed by atoms with E-state index in [-0.39, 0.29) is 11.8 Å². The van der Waals surface area contributed by atoms with Crippen molar-refractivity contribution in [1.82, 2.24) is 25.3 Å². The number of nitrogen functional groups attached to an aromatic ring is 1. The van der Waals surface area contributed by atoms with E-state index in [0.29, 0.717) is 24.7 Å². The number of methoxy groups -OCH3 is 1. The molecule has 2 aromatic rings. The number of H-pyrrole nitrogens is 1. The first-order valence-corrected chi connectivity index (χ1v) is 4.29. The second-order valence-electron chi connectivity index (χ2n) is 2.80. The fourth-order valence-corrected chi connectivity index (χ4v) is 1.02. The maximum Gasteiger partial charge on any atom is 0.295 e. The Kier molecular flexibility index (Phi) is 2.59. The number of aromatic amines is 1. The van der Waals surface area contributed by atoms with Gasteiger partial charge in [-0.15, -0.1) is 5.10 Å². The second kappa shape index (κ2) is 4.05. The van der Waals surface area contributed by atoms with Gasteiger partial charge in [0.15, 0.2) is 5.82 Å². The second-order valence-corrected chi connectivity index (χ2v) is 2.80. The zero-order valence-corrected chi connectivity index (χ0v) is 8.10. The summed E-state index contributed by atoms with van der Waals surface area (Å²) in [5.41, 5.74) is 5.34. The van der Waals surface area contributed by atoms with Crippen molar-refractivity contribution in [2.45, 2.75) is 6.42 Å². The van der Waals surface area contributed by atoms with Gasteiger partial charge in [0.05, 0.1) is 6.61 Å². The molecule has 0 saturated carbocycles. The molecule has 3 N–H and O–H groups in total. The van der Waals surface area contributed by atoms with Crippen LogP contribution in [0.4, 0.5) is 5.95 Å². The first-order chi connectivity index (χ1) is 7.29. The molecular weight excluding hydrogens is 200 g/mol. The first kappa shape index (κ1) is 9.59. The van der Waals surface area contributed by atoms with Crippen molar-refractivity contribution in [3.8, 4) is 11.7 Å².